The van der Waals surface area contributed by atoms with Crippen LogP contribution < -0.4 is 10.1 Å². The van der Waals surface area contributed by atoms with E-state index in [0.717, 1.165) is 27.8 Å². The minimum absolute atomic E-state index is 0.246. The molecule has 0 spiro atoms. The lowest BCUT2D eigenvalue weighted by atomic mass is 10.1. The minimum Gasteiger partial charge on any atom is -0.437 e. The van der Waals surface area contributed by atoms with Crippen LogP contribution in [0.25, 0.3) is 22.2 Å². The molecule has 9 heteroatoms. The van der Waals surface area contributed by atoms with Gasteiger partial charge in [-0.3, -0.25) is 4.98 Å². The summed E-state index contributed by atoms with van der Waals surface area (Å²) in [5, 5.41) is 14.1. The molecule has 2 aromatic carbocycles. The summed E-state index contributed by atoms with van der Waals surface area (Å²) in [6, 6.07) is 15.9. The van der Waals surface area contributed by atoms with Gasteiger partial charge in [0.05, 0.1) is 28.7 Å². The molecule has 8 nitrogen and oxygen atoms in total. The van der Waals surface area contributed by atoms with E-state index in [0.29, 0.717) is 36.7 Å². The highest BCUT2D eigenvalue weighted by Crippen LogP contribution is 2.36. The molecule has 0 radical (unpaired) electrons. The molecule has 0 aliphatic carbocycles. The molecule has 33 heavy (non-hydrogen) atoms. The van der Waals surface area contributed by atoms with E-state index in [1.807, 2.05) is 49.4 Å². The number of anilines is 1. The number of nitriles is 1. The smallest absolute Gasteiger partial charge is 0.237 e. The van der Waals surface area contributed by atoms with Crippen LogP contribution in [-0.4, -0.2) is 35.6 Å². The van der Waals surface area contributed by atoms with Crippen LogP contribution >= 0.6 is 0 Å². The van der Waals surface area contributed by atoms with Crippen LogP contribution in [0.2, 0.25) is 0 Å². The van der Waals surface area contributed by atoms with E-state index < -0.39 is 11.1 Å². The SMILES string of the molecule is CCn1c(-c2ccc(NCCCS(=O)O)cc2)c(C#N)c2ccc(Oc3cnccn3)cc21. The third-order valence-corrected chi connectivity index (χ3v) is 5.85. The van der Waals surface area contributed by atoms with E-state index in [1.54, 1.807) is 18.6 Å². The van der Waals surface area contributed by atoms with Crippen molar-refractivity contribution >= 4 is 27.7 Å². The molecule has 1 atom stereocenters. The molecular formula is C24H23N5O3S. The average molecular weight is 462 g/mol. The summed E-state index contributed by atoms with van der Waals surface area (Å²) in [4.78, 5) is 8.17. The molecular weight excluding hydrogens is 438 g/mol. The highest BCUT2D eigenvalue weighted by molar-refractivity contribution is 7.79. The zero-order valence-corrected chi connectivity index (χ0v) is 18.9. The number of nitrogens with one attached hydrogen (secondary N) is 1. The third kappa shape index (κ3) is 5.03. The van der Waals surface area contributed by atoms with Crippen molar-refractivity contribution in [1.29, 1.82) is 5.26 Å². The van der Waals surface area contributed by atoms with Gasteiger partial charge in [-0.25, -0.2) is 9.19 Å². The second-order valence-electron chi connectivity index (χ2n) is 7.29. The molecule has 0 amide bonds. The average Bonchev–Trinajstić information content (AvgIpc) is 3.15. The normalized spacial score (nSPS) is 11.8. The van der Waals surface area contributed by atoms with Crippen molar-refractivity contribution in [2.75, 3.05) is 17.6 Å². The molecule has 2 N–H and O–H groups in total. The van der Waals surface area contributed by atoms with Gasteiger partial charge in [0.25, 0.3) is 0 Å². The maximum absolute atomic E-state index is 10.8. The first-order chi connectivity index (χ1) is 16.1. The molecule has 2 aromatic heterocycles. The highest BCUT2D eigenvalue weighted by Gasteiger charge is 2.18. The Morgan fingerprint density at radius 1 is 1.21 bits per heavy atom. The molecule has 0 saturated heterocycles. The molecule has 0 fully saturated rings. The quantitative estimate of drug-likeness (QED) is 0.272. The predicted molar refractivity (Wildman–Crippen MR) is 129 cm³/mol. The standard InChI is InChI=1S/C24H23N5O3S/c1-2-29-22-14-19(32-23-16-26-11-12-28-23)8-9-20(22)21(15-25)24(29)17-4-6-18(7-5-17)27-10-3-13-33(30)31/h4-9,11-12,14,16,27H,2-3,10,13H2,1H3,(H,30,31). The van der Waals surface area contributed by atoms with Gasteiger partial charge in [0.15, 0.2) is 11.1 Å². The van der Waals surface area contributed by atoms with Crippen molar-refractivity contribution in [3.8, 4) is 29.0 Å². The van der Waals surface area contributed by atoms with Gasteiger partial charge in [0, 0.05) is 42.6 Å². The summed E-state index contributed by atoms with van der Waals surface area (Å²) in [6.07, 6.45) is 5.31. The Bertz CT molecular complexity index is 1310. The van der Waals surface area contributed by atoms with Gasteiger partial charge in [-0.15, -0.1) is 0 Å². The van der Waals surface area contributed by atoms with Gasteiger partial charge in [-0.1, -0.05) is 12.1 Å². The number of aromatic nitrogens is 3. The number of aryl methyl sites for hydroxylation is 1. The van der Waals surface area contributed by atoms with E-state index in [9.17, 15) is 9.47 Å². The van der Waals surface area contributed by atoms with Crippen molar-refractivity contribution in [2.24, 2.45) is 0 Å². The Labute approximate surface area is 194 Å². The molecule has 0 saturated carbocycles. The van der Waals surface area contributed by atoms with Gasteiger partial charge in [0.1, 0.15) is 11.8 Å². The molecule has 0 aliphatic heterocycles. The van der Waals surface area contributed by atoms with Gasteiger partial charge in [-0.05, 0) is 43.2 Å². The maximum atomic E-state index is 10.8. The van der Waals surface area contributed by atoms with Gasteiger partial charge < -0.3 is 19.2 Å². The number of hydrogen-bond acceptors (Lipinski definition) is 6. The Kier molecular flexibility index (Phi) is 6.98. The first kappa shape index (κ1) is 22.5. The van der Waals surface area contributed by atoms with Crippen LogP contribution in [0.5, 0.6) is 11.6 Å². The molecule has 4 aromatic rings. The van der Waals surface area contributed by atoms with Crippen LogP contribution in [0.1, 0.15) is 18.9 Å². The first-order valence-corrected chi connectivity index (χ1v) is 11.8. The van der Waals surface area contributed by atoms with Crippen LogP contribution in [0.15, 0.2) is 61.1 Å². The molecule has 168 valence electrons. The fourth-order valence-electron chi connectivity index (χ4n) is 3.77. The summed E-state index contributed by atoms with van der Waals surface area (Å²) in [7, 11) is 0. The second-order valence-corrected chi connectivity index (χ2v) is 8.34. The van der Waals surface area contributed by atoms with Crippen molar-refractivity contribution in [1.82, 2.24) is 14.5 Å². The number of ether oxygens (including phenoxy) is 1. The van der Waals surface area contributed by atoms with Crippen molar-refractivity contribution in [2.45, 2.75) is 19.9 Å². The summed E-state index contributed by atoms with van der Waals surface area (Å²) in [6.45, 7) is 3.33. The number of fused-ring (bicyclic) bond motifs is 1. The van der Waals surface area contributed by atoms with E-state index in [1.165, 1.54) is 0 Å². The molecule has 0 bridgehead atoms. The Hall–Kier alpha value is -3.74. The summed E-state index contributed by atoms with van der Waals surface area (Å²) >= 11 is -1.77. The summed E-state index contributed by atoms with van der Waals surface area (Å²) < 4.78 is 27.6. The Morgan fingerprint density at radius 2 is 2.03 bits per heavy atom. The van der Waals surface area contributed by atoms with Crippen LogP contribution in [0, 0.1) is 11.3 Å². The minimum atomic E-state index is -1.77. The lowest BCUT2D eigenvalue weighted by Gasteiger charge is -2.11. The maximum Gasteiger partial charge on any atom is 0.237 e. The topological polar surface area (TPSA) is 113 Å². The van der Waals surface area contributed by atoms with Crippen LogP contribution in [-0.2, 0) is 17.6 Å². The zero-order valence-electron chi connectivity index (χ0n) is 18.1. The van der Waals surface area contributed by atoms with Crippen LogP contribution in [0.3, 0.4) is 0 Å². The first-order valence-electron chi connectivity index (χ1n) is 10.5. The van der Waals surface area contributed by atoms with Crippen LogP contribution in [0.4, 0.5) is 5.69 Å². The fraction of sp³-hybridized carbons (Fsp3) is 0.208. The highest BCUT2D eigenvalue weighted by atomic mass is 32.2. The summed E-state index contributed by atoms with van der Waals surface area (Å²) in [5.74, 6) is 1.27. The second kappa shape index (κ2) is 10.3. The van der Waals surface area contributed by atoms with E-state index in [-0.39, 0.29) is 5.75 Å². The van der Waals surface area contributed by atoms with Gasteiger partial charge in [0.2, 0.25) is 5.88 Å². The van der Waals surface area contributed by atoms with Crippen molar-refractivity contribution in [3.05, 3.63) is 66.6 Å². The molecule has 0 aliphatic rings. The zero-order chi connectivity index (χ0) is 23.2. The largest absolute Gasteiger partial charge is 0.437 e. The number of benzene rings is 2. The van der Waals surface area contributed by atoms with E-state index >= 15 is 0 Å². The molecule has 4 rings (SSSR count). The van der Waals surface area contributed by atoms with Crippen molar-refractivity contribution < 1.29 is 13.5 Å². The third-order valence-electron chi connectivity index (χ3n) is 5.21. The number of hydrogen-bond donors (Lipinski definition) is 2. The van der Waals surface area contributed by atoms with E-state index in [2.05, 4.69) is 25.9 Å². The lowest BCUT2D eigenvalue weighted by Crippen LogP contribution is -2.06. The lowest BCUT2D eigenvalue weighted by molar-refractivity contribution is 0.460. The fourth-order valence-corrected chi connectivity index (χ4v) is 4.16. The van der Waals surface area contributed by atoms with Gasteiger partial charge >= 0.3 is 0 Å². The molecule has 2 heterocycles. The van der Waals surface area contributed by atoms with Gasteiger partial charge in [-0.2, -0.15) is 5.26 Å². The number of rotatable bonds is 9. The Balaban J connectivity index is 1.65. The van der Waals surface area contributed by atoms with E-state index in [4.69, 9.17) is 9.29 Å². The predicted octanol–water partition coefficient (Wildman–Crippen LogP) is 4.81. The monoisotopic (exact) mass is 461 g/mol. The number of nitrogens with zero attached hydrogens (tertiary/aromatic N) is 4. The summed E-state index contributed by atoms with van der Waals surface area (Å²) in [5.41, 5.74) is 4.23. The molecule has 1 unspecified atom stereocenters. The van der Waals surface area contributed by atoms with Crippen molar-refractivity contribution in [3.63, 3.8) is 0 Å². The Morgan fingerprint density at radius 3 is 2.70 bits per heavy atom.